The van der Waals surface area contributed by atoms with Crippen LogP contribution in [0.1, 0.15) is 36.8 Å². The highest BCUT2D eigenvalue weighted by Crippen LogP contribution is 2.27. The Morgan fingerprint density at radius 3 is 2.57 bits per heavy atom. The molecule has 0 saturated heterocycles. The molecule has 4 heteroatoms. The lowest BCUT2D eigenvalue weighted by Gasteiger charge is -2.22. The molecule has 0 atom stereocenters. The molecule has 0 fully saturated rings. The summed E-state index contributed by atoms with van der Waals surface area (Å²) >= 11 is 5.20. The highest BCUT2D eigenvalue weighted by molar-refractivity contribution is 9.11. The molecule has 0 radical (unpaired) electrons. The molecule has 114 valence electrons. The molecule has 0 unspecified atom stereocenters. The van der Waals surface area contributed by atoms with Gasteiger partial charge in [-0.15, -0.1) is 11.3 Å². The molecule has 0 aliphatic heterocycles. The van der Waals surface area contributed by atoms with Gasteiger partial charge in [-0.3, -0.25) is 0 Å². The molecule has 0 spiro atoms. The molecule has 0 aliphatic rings. The summed E-state index contributed by atoms with van der Waals surface area (Å²) in [5.74, 6) is 0.999. The van der Waals surface area contributed by atoms with Crippen molar-refractivity contribution >= 4 is 27.3 Å². The van der Waals surface area contributed by atoms with Gasteiger partial charge in [0.2, 0.25) is 0 Å². The van der Waals surface area contributed by atoms with Crippen LogP contribution in [0.25, 0.3) is 0 Å². The van der Waals surface area contributed by atoms with Crippen molar-refractivity contribution in [2.75, 3.05) is 0 Å². The SMILES string of the molecule is Cc1cccc(CNC(C)(C)C)c1OCc1ccc(Br)s1. The van der Waals surface area contributed by atoms with Crippen LogP contribution in [0.4, 0.5) is 0 Å². The molecule has 1 heterocycles. The molecule has 0 aliphatic carbocycles. The summed E-state index contributed by atoms with van der Waals surface area (Å²) in [6, 6.07) is 10.5. The normalized spacial score (nSPS) is 11.7. The Hall–Kier alpha value is -0.840. The standard InChI is InChI=1S/C17H22BrNOS/c1-12-6-5-7-13(10-19-17(2,3)4)16(12)20-11-14-8-9-15(18)21-14/h5-9,19H,10-11H2,1-4H3. The van der Waals surface area contributed by atoms with E-state index in [0.29, 0.717) is 6.61 Å². The lowest BCUT2D eigenvalue weighted by molar-refractivity contribution is 0.301. The fourth-order valence-corrected chi connectivity index (χ4v) is 3.39. The summed E-state index contributed by atoms with van der Waals surface area (Å²) < 4.78 is 7.22. The number of halogens is 1. The monoisotopic (exact) mass is 367 g/mol. The first kappa shape index (κ1) is 16.5. The minimum atomic E-state index is 0.0969. The van der Waals surface area contributed by atoms with Crippen LogP contribution in [0, 0.1) is 6.92 Å². The van der Waals surface area contributed by atoms with Gasteiger partial charge >= 0.3 is 0 Å². The molecule has 0 saturated carbocycles. The van der Waals surface area contributed by atoms with E-state index in [4.69, 9.17) is 4.74 Å². The van der Waals surface area contributed by atoms with Gasteiger partial charge in [-0.1, -0.05) is 18.2 Å². The van der Waals surface area contributed by atoms with Gasteiger partial charge in [0.1, 0.15) is 12.4 Å². The summed E-state index contributed by atoms with van der Waals surface area (Å²) in [4.78, 5) is 1.22. The third-order valence-corrected chi connectivity index (χ3v) is 4.69. The largest absolute Gasteiger partial charge is 0.487 e. The number of hydrogen-bond donors (Lipinski definition) is 1. The average molecular weight is 368 g/mol. The number of thiophene rings is 1. The van der Waals surface area contributed by atoms with Crippen LogP contribution in [0.2, 0.25) is 0 Å². The summed E-state index contributed by atoms with van der Waals surface area (Å²) in [5, 5.41) is 3.52. The van der Waals surface area contributed by atoms with E-state index in [0.717, 1.165) is 16.1 Å². The number of benzene rings is 1. The Morgan fingerprint density at radius 2 is 1.95 bits per heavy atom. The number of aryl methyl sites for hydroxylation is 1. The number of hydrogen-bond acceptors (Lipinski definition) is 3. The zero-order valence-corrected chi connectivity index (χ0v) is 15.4. The number of rotatable bonds is 5. The molecule has 1 aromatic carbocycles. The number of ether oxygens (including phenoxy) is 1. The molecule has 2 nitrogen and oxygen atoms in total. The maximum absolute atomic E-state index is 6.08. The topological polar surface area (TPSA) is 21.3 Å². The van der Waals surface area contributed by atoms with Gasteiger partial charge in [0, 0.05) is 22.5 Å². The Kier molecular flexibility index (Phi) is 5.47. The van der Waals surface area contributed by atoms with Crippen molar-refractivity contribution < 1.29 is 4.74 Å². The van der Waals surface area contributed by atoms with Crippen LogP contribution in [0.5, 0.6) is 5.75 Å². The number of para-hydroxylation sites is 1. The van der Waals surface area contributed by atoms with E-state index < -0.39 is 0 Å². The van der Waals surface area contributed by atoms with Crippen LogP contribution in [-0.4, -0.2) is 5.54 Å². The van der Waals surface area contributed by atoms with E-state index in [1.54, 1.807) is 11.3 Å². The first-order valence-electron chi connectivity index (χ1n) is 7.06. The zero-order chi connectivity index (χ0) is 15.5. The molecule has 2 rings (SSSR count). The Balaban J connectivity index is 2.10. The van der Waals surface area contributed by atoms with E-state index in [-0.39, 0.29) is 5.54 Å². The van der Waals surface area contributed by atoms with E-state index in [2.05, 4.69) is 79.3 Å². The van der Waals surface area contributed by atoms with Crippen molar-refractivity contribution in [1.29, 1.82) is 0 Å². The lowest BCUT2D eigenvalue weighted by atomic mass is 10.1. The molecule has 2 aromatic rings. The molecule has 0 bridgehead atoms. The van der Waals surface area contributed by atoms with Crippen molar-refractivity contribution in [3.05, 3.63) is 50.1 Å². The van der Waals surface area contributed by atoms with Crippen LogP contribution in [0.15, 0.2) is 34.1 Å². The third kappa shape index (κ3) is 5.13. The van der Waals surface area contributed by atoms with Gasteiger partial charge in [-0.25, -0.2) is 0 Å². The van der Waals surface area contributed by atoms with Gasteiger partial charge in [0.15, 0.2) is 0 Å². The van der Waals surface area contributed by atoms with Crippen molar-refractivity contribution in [2.45, 2.75) is 46.4 Å². The van der Waals surface area contributed by atoms with E-state index >= 15 is 0 Å². The van der Waals surface area contributed by atoms with Crippen LogP contribution >= 0.6 is 27.3 Å². The highest BCUT2D eigenvalue weighted by atomic mass is 79.9. The minimum Gasteiger partial charge on any atom is -0.487 e. The maximum Gasteiger partial charge on any atom is 0.127 e. The molecule has 21 heavy (non-hydrogen) atoms. The molecular formula is C17H22BrNOS. The zero-order valence-electron chi connectivity index (χ0n) is 13.0. The quantitative estimate of drug-likeness (QED) is 0.775. The van der Waals surface area contributed by atoms with E-state index in [9.17, 15) is 0 Å². The van der Waals surface area contributed by atoms with Gasteiger partial charge in [-0.05, 0) is 61.3 Å². The second-order valence-corrected chi connectivity index (χ2v) is 8.71. The molecule has 1 aromatic heterocycles. The minimum absolute atomic E-state index is 0.0969. The van der Waals surface area contributed by atoms with Crippen molar-refractivity contribution in [3.63, 3.8) is 0 Å². The summed E-state index contributed by atoms with van der Waals surface area (Å²) in [5.41, 5.74) is 2.49. The fraction of sp³-hybridized carbons (Fsp3) is 0.412. The average Bonchev–Trinajstić information content (AvgIpc) is 2.80. The second kappa shape index (κ2) is 6.95. The smallest absolute Gasteiger partial charge is 0.127 e. The van der Waals surface area contributed by atoms with Gasteiger partial charge in [0.05, 0.1) is 3.79 Å². The van der Waals surface area contributed by atoms with Crippen molar-refractivity contribution in [2.24, 2.45) is 0 Å². The van der Waals surface area contributed by atoms with Gasteiger partial charge < -0.3 is 10.1 Å². The fourth-order valence-electron chi connectivity index (χ4n) is 1.99. The summed E-state index contributed by atoms with van der Waals surface area (Å²) in [6.07, 6.45) is 0. The van der Waals surface area contributed by atoms with Crippen LogP contribution in [0.3, 0.4) is 0 Å². The van der Waals surface area contributed by atoms with Crippen molar-refractivity contribution in [3.8, 4) is 5.75 Å². The predicted octanol–water partition coefficient (Wildman–Crippen LogP) is 5.29. The van der Waals surface area contributed by atoms with Crippen LogP contribution < -0.4 is 10.1 Å². The summed E-state index contributed by atoms with van der Waals surface area (Å²) in [7, 11) is 0. The third-order valence-electron chi connectivity index (χ3n) is 3.09. The lowest BCUT2D eigenvalue weighted by Crippen LogP contribution is -2.35. The maximum atomic E-state index is 6.08. The van der Waals surface area contributed by atoms with E-state index in [1.807, 2.05) is 0 Å². The Bertz CT molecular complexity index is 601. The first-order valence-corrected chi connectivity index (χ1v) is 8.66. The van der Waals surface area contributed by atoms with Gasteiger partial charge in [0.25, 0.3) is 0 Å². The number of nitrogens with one attached hydrogen (secondary N) is 1. The van der Waals surface area contributed by atoms with Crippen molar-refractivity contribution in [1.82, 2.24) is 5.32 Å². The summed E-state index contributed by atoms with van der Waals surface area (Å²) in [6.45, 7) is 10.0. The van der Waals surface area contributed by atoms with Gasteiger partial charge in [-0.2, -0.15) is 0 Å². The second-order valence-electron chi connectivity index (χ2n) is 6.16. The molecular weight excluding hydrogens is 346 g/mol. The van der Waals surface area contributed by atoms with E-state index in [1.165, 1.54) is 16.0 Å². The Labute approximate surface area is 139 Å². The van der Waals surface area contributed by atoms with Crippen LogP contribution in [-0.2, 0) is 13.2 Å². The molecule has 0 amide bonds. The first-order chi connectivity index (χ1) is 9.85. The highest BCUT2D eigenvalue weighted by Gasteiger charge is 2.12. The molecule has 1 N–H and O–H groups in total. The predicted molar refractivity (Wildman–Crippen MR) is 94.1 cm³/mol. The Morgan fingerprint density at radius 1 is 1.19 bits per heavy atom.